The van der Waals surface area contributed by atoms with Crippen LogP contribution in [0.25, 0.3) is 0 Å². The van der Waals surface area contributed by atoms with E-state index < -0.39 is 0 Å². The van der Waals surface area contributed by atoms with E-state index in [-0.39, 0.29) is 12.4 Å². The summed E-state index contributed by atoms with van der Waals surface area (Å²) in [6.07, 6.45) is 1.19. The molecule has 1 aromatic carbocycles. The summed E-state index contributed by atoms with van der Waals surface area (Å²) in [5, 5.41) is 3.36. The van der Waals surface area contributed by atoms with Crippen LogP contribution in [-0.4, -0.2) is 6.54 Å². The summed E-state index contributed by atoms with van der Waals surface area (Å²) in [6, 6.07) is 6.53. The molecule has 2 rings (SSSR count). The molecule has 1 nitrogen and oxygen atoms in total. The number of halogens is 2. The van der Waals surface area contributed by atoms with Crippen LogP contribution in [0.5, 0.6) is 0 Å². The molecule has 1 aliphatic heterocycles. The minimum atomic E-state index is 0. The molecule has 0 spiro atoms. The van der Waals surface area contributed by atoms with Gasteiger partial charge in [-0.25, -0.2) is 0 Å². The molecule has 3 heteroatoms. The Labute approximate surface area is 92.5 Å². The fraction of sp³-hybridized carbons (Fsp3) is 0.333. The maximum atomic E-state index is 3.36. The van der Waals surface area contributed by atoms with Gasteiger partial charge in [-0.2, -0.15) is 0 Å². The Morgan fingerprint density at radius 3 is 2.92 bits per heavy atom. The SMILES string of the molecule is Cl.Ic1cccc2c1CCNC2. The van der Waals surface area contributed by atoms with Crippen molar-refractivity contribution >= 4 is 35.0 Å². The quantitative estimate of drug-likeness (QED) is 0.725. The normalized spacial score (nSPS) is 14.8. The van der Waals surface area contributed by atoms with Crippen molar-refractivity contribution in [3.63, 3.8) is 0 Å². The van der Waals surface area contributed by atoms with Gasteiger partial charge < -0.3 is 5.32 Å². The molecule has 1 heterocycles. The van der Waals surface area contributed by atoms with Crippen LogP contribution in [0, 0.1) is 3.57 Å². The van der Waals surface area contributed by atoms with Crippen LogP contribution in [-0.2, 0) is 13.0 Å². The topological polar surface area (TPSA) is 12.0 Å². The summed E-state index contributed by atoms with van der Waals surface area (Å²) in [7, 11) is 0. The third kappa shape index (κ3) is 1.92. The van der Waals surface area contributed by atoms with Crippen molar-refractivity contribution in [1.29, 1.82) is 0 Å². The van der Waals surface area contributed by atoms with E-state index in [9.17, 15) is 0 Å². The highest BCUT2D eigenvalue weighted by Crippen LogP contribution is 2.19. The zero-order valence-electron chi connectivity index (χ0n) is 6.64. The lowest BCUT2D eigenvalue weighted by molar-refractivity contribution is 0.642. The number of nitrogens with one attached hydrogen (secondary N) is 1. The van der Waals surface area contributed by atoms with Gasteiger partial charge in [0.2, 0.25) is 0 Å². The summed E-state index contributed by atoms with van der Waals surface area (Å²) in [4.78, 5) is 0. The summed E-state index contributed by atoms with van der Waals surface area (Å²) in [6.45, 7) is 2.18. The molecule has 12 heavy (non-hydrogen) atoms. The van der Waals surface area contributed by atoms with Crippen molar-refractivity contribution in [2.45, 2.75) is 13.0 Å². The second-order valence-corrected chi connectivity index (χ2v) is 3.97. The Morgan fingerprint density at radius 1 is 1.33 bits per heavy atom. The number of hydrogen-bond acceptors (Lipinski definition) is 1. The molecule has 1 N–H and O–H groups in total. The average molecular weight is 296 g/mol. The van der Waals surface area contributed by atoms with Gasteiger partial charge in [0.15, 0.2) is 0 Å². The van der Waals surface area contributed by atoms with E-state index in [4.69, 9.17) is 0 Å². The van der Waals surface area contributed by atoms with Crippen LogP contribution in [0.2, 0.25) is 0 Å². The van der Waals surface area contributed by atoms with Crippen LogP contribution >= 0.6 is 35.0 Å². The van der Waals surface area contributed by atoms with Gasteiger partial charge in [-0.3, -0.25) is 0 Å². The first kappa shape index (κ1) is 10.3. The summed E-state index contributed by atoms with van der Waals surface area (Å²) in [5.74, 6) is 0. The van der Waals surface area contributed by atoms with Crippen LogP contribution in [0.3, 0.4) is 0 Å². The van der Waals surface area contributed by atoms with Crippen molar-refractivity contribution in [3.05, 3.63) is 32.9 Å². The Morgan fingerprint density at radius 2 is 2.17 bits per heavy atom. The van der Waals surface area contributed by atoms with E-state index in [1.165, 1.54) is 15.6 Å². The van der Waals surface area contributed by atoms with Crippen molar-refractivity contribution in [3.8, 4) is 0 Å². The van der Waals surface area contributed by atoms with Gasteiger partial charge in [0.25, 0.3) is 0 Å². The summed E-state index contributed by atoms with van der Waals surface area (Å²) >= 11 is 2.42. The Bertz CT molecular complexity index is 275. The van der Waals surface area contributed by atoms with E-state index in [2.05, 4.69) is 46.1 Å². The van der Waals surface area contributed by atoms with Crippen LogP contribution < -0.4 is 5.32 Å². The first-order valence-electron chi connectivity index (χ1n) is 3.85. The Hall–Kier alpha value is 0.200. The molecule has 0 amide bonds. The molecule has 1 aliphatic rings. The molecule has 0 saturated heterocycles. The first-order valence-corrected chi connectivity index (χ1v) is 4.93. The largest absolute Gasteiger partial charge is 0.312 e. The molecule has 0 aliphatic carbocycles. The number of hydrogen-bond donors (Lipinski definition) is 1. The number of rotatable bonds is 0. The van der Waals surface area contributed by atoms with Gasteiger partial charge in [0.05, 0.1) is 0 Å². The molecule has 0 radical (unpaired) electrons. The van der Waals surface area contributed by atoms with Crippen molar-refractivity contribution < 1.29 is 0 Å². The predicted octanol–water partition coefficient (Wildman–Crippen LogP) is 2.36. The fourth-order valence-corrected chi connectivity index (χ4v) is 2.31. The molecule has 0 saturated carbocycles. The third-order valence-electron chi connectivity index (χ3n) is 2.08. The van der Waals surface area contributed by atoms with Gasteiger partial charge in [-0.1, -0.05) is 12.1 Å². The van der Waals surface area contributed by atoms with E-state index in [1.807, 2.05) is 0 Å². The molecular weight excluding hydrogens is 284 g/mol. The molecule has 0 fully saturated rings. The van der Waals surface area contributed by atoms with Gasteiger partial charge in [-0.05, 0) is 52.7 Å². The maximum Gasteiger partial charge on any atom is 0.0208 e. The van der Waals surface area contributed by atoms with E-state index in [0.29, 0.717) is 0 Å². The van der Waals surface area contributed by atoms with Crippen LogP contribution in [0.4, 0.5) is 0 Å². The minimum Gasteiger partial charge on any atom is -0.312 e. The molecule has 0 unspecified atom stereocenters. The second kappa shape index (κ2) is 4.44. The molecule has 1 aromatic rings. The van der Waals surface area contributed by atoms with Crippen LogP contribution in [0.1, 0.15) is 11.1 Å². The molecule has 66 valence electrons. The minimum absolute atomic E-state index is 0. The highest BCUT2D eigenvalue weighted by atomic mass is 127. The fourth-order valence-electron chi connectivity index (χ4n) is 1.49. The smallest absolute Gasteiger partial charge is 0.0208 e. The van der Waals surface area contributed by atoms with Crippen molar-refractivity contribution in [2.24, 2.45) is 0 Å². The average Bonchev–Trinajstić information content (AvgIpc) is 2.06. The van der Waals surface area contributed by atoms with E-state index >= 15 is 0 Å². The molecular formula is C9H11ClIN. The summed E-state index contributed by atoms with van der Waals surface area (Å²) in [5.41, 5.74) is 3.02. The first-order chi connectivity index (χ1) is 5.38. The molecule has 0 aromatic heterocycles. The maximum absolute atomic E-state index is 3.36. The van der Waals surface area contributed by atoms with E-state index in [1.54, 1.807) is 5.56 Å². The van der Waals surface area contributed by atoms with Gasteiger partial charge in [0, 0.05) is 10.1 Å². The van der Waals surface area contributed by atoms with E-state index in [0.717, 1.165) is 13.1 Å². The highest BCUT2D eigenvalue weighted by Gasteiger charge is 2.09. The second-order valence-electron chi connectivity index (χ2n) is 2.80. The lowest BCUT2D eigenvalue weighted by Gasteiger charge is -2.17. The zero-order valence-corrected chi connectivity index (χ0v) is 9.61. The van der Waals surface area contributed by atoms with Gasteiger partial charge in [-0.15, -0.1) is 12.4 Å². The predicted molar refractivity (Wildman–Crippen MR) is 61.8 cm³/mol. The molecule has 0 bridgehead atoms. The Balaban J connectivity index is 0.000000720. The zero-order chi connectivity index (χ0) is 7.68. The van der Waals surface area contributed by atoms with Crippen molar-refractivity contribution in [1.82, 2.24) is 5.32 Å². The van der Waals surface area contributed by atoms with Gasteiger partial charge >= 0.3 is 0 Å². The standard InChI is InChI=1S/C9H10IN.ClH/c10-9-3-1-2-7-6-11-5-4-8(7)9;/h1-3,11H,4-6H2;1H. The van der Waals surface area contributed by atoms with Gasteiger partial charge in [0.1, 0.15) is 0 Å². The third-order valence-corrected chi connectivity index (χ3v) is 3.09. The Kier molecular flexibility index (Phi) is 3.80. The lowest BCUT2D eigenvalue weighted by atomic mass is 10.0. The lowest BCUT2D eigenvalue weighted by Crippen LogP contribution is -2.24. The molecule has 0 atom stereocenters. The number of fused-ring (bicyclic) bond motifs is 1. The highest BCUT2D eigenvalue weighted by molar-refractivity contribution is 14.1. The monoisotopic (exact) mass is 295 g/mol. The van der Waals surface area contributed by atoms with Crippen molar-refractivity contribution in [2.75, 3.05) is 6.54 Å². The summed E-state index contributed by atoms with van der Waals surface area (Å²) < 4.78 is 1.42. The number of benzene rings is 1. The van der Waals surface area contributed by atoms with Crippen LogP contribution in [0.15, 0.2) is 18.2 Å².